The number of fused-ring (bicyclic) bond motifs is 1. The lowest BCUT2D eigenvalue weighted by atomic mass is 10.1. The van der Waals surface area contributed by atoms with E-state index in [1.807, 2.05) is 6.07 Å². The summed E-state index contributed by atoms with van der Waals surface area (Å²) in [5, 5.41) is 9.66. The van der Waals surface area contributed by atoms with E-state index in [-0.39, 0.29) is 12.4 Å². The molecule has 0 aliphatic rings. The molecule has 0 radical (unpaired) electrons. The average Bonchev–Trinajstić information content (AvgIpc) is 2.56. The number of hydrogen-bond acceptors (Lipinski definition) is 3. The van der Waals surface area contributed by atoms with E-state index >= 15 is 0 Å². The van der Waals surface area contributed by atoms with Crippen molar-refractivity contribution < 1.29 is 9.50 Å². The fourth-order valence-corrected chi connectivity index (χ4v) is 2.66. The zero-order valence-electron chi connectivity index (χ0n) is 7.46. The molecule has 0 amide bonds. The predicted octanol–water partition coefficient (Wildman–Crippen LogP) is 1.99. The van der Waals surface area contributed by atoms with Crippen LogP contribution in [-0.4, -0.2) is 5.11 Å². The van der Waals surface area contributed by atoms with Crippen molar-refractivity contribution >= 4 is 21.4 Å². The Morgan fingerprint density at radius 2 is 2.21 bits per heavy atom. The van der Waals surface area contributed by atoms with Crippen LogP contribution < -0.4 is 5.73 Å². The molecule has 0 fully saturated rings. The van der Waals surface area contributed by atoms with Crippen molar-refractivity contribution in [2.24, 2.45) is 5.73 Å². The zero-order valence-corrected chi connectivity index (χ0v) is 8.27. The fourth-order valence-electron chi connectivity index (χ4n) is 1.55. The molecular formula is C10H10FNOS. The van der Waals surface area contributed by atoms with E-state index in [9.17, 15) is 4.39 Å². The highest BCUT2D eigenvalue weighted by Crippen LogP contribution is 2.32. The first-order valence-electron chi connectivity index (χ1n) is 4.27. The molecule has 14 heavy (non-hydrogen) atoms. The van der Waals surface area contributed by atoms with Gasteiger partial charge in [0.05, 0.1) is 6.61 Å². The lowest BCUT2D eigenvalue weighted by Gasteiger charge is -1.97. The predicted molar refractivity (Wildman–Crippen MR) is 55.6 cm³/mol. The number of rotatable bonds is 2. The van der Waals surface area contributed by atoms with E-state index in [1.54, 1.807) is 6.07 Å². The maximum absolute atomic E-state index is 13.4. The molecule has 1 aromatic carbocycles. The SMILES string of the molecule is NCc1sc2cccc(F)c2c1CO. The van der Waals surface area contributed by atoms with Gasteiger partial charge in [0, 0.05) is 27.1 Å². The van der Waals surface area contributed by atoms with Crippen LogP contribution in [0.25, 0.3) is 10.1 Å². The first-order valence-corrected chi connectivity index (χ1v) is 5.09. The van der Waals surface area contributed by atoms with E-state index in [0.29, 0.717) is 17.5 Å². The second kappa shape index (κ2) is 3.65. The van der Waals surface area contributed by atoms with Crippen molar-refractivity contribution in [3.05, 3.63) is 34.5 Å². The van der Waals surface area contributed by atoms with Crippen LogP contribution in [0.5, 0.6) is 0 Å². The van der Waals surface area contributed by atoms with Crippen molar-refractivity contribution in [2.75, 3.05) is 0 Å². The maximum atomic E-state index is 13.4. The first-order chi connectivity index (χ1) is 6.77. The molecule has 0 saturated heterocycles. The summed E-state index contributed by atoms with van der Waals surface area (Å²) in [6.07, 6.45) is 0. The van der Waals surface area contributed by atoms with Gasteiger partial charge in [-0.3, -0.25) is 0 Å². The zero-order chi connectivity index (χ0) is 10.1. The molecule has 3 N–H and O–H groups in total. The van der Waals surface area contributed by atoms with E-state index in [4.69, 9.17) is 10.8 Å². The van der Waals surface area contributed by atoms with Crippen LogP contribution in [0.3, 0.4) is 0 Å². The van der Waals surface area contributed by atoms with Crippen molar-refractivity contribution in [3.8, 4) is 0 Å². The monoisotopic (exact) mass is 211 g/mol. The normalized spacial score (nSPS) is 11.1. The van der Waals surface area contributed by atoms with Gasteiger partial charge in [-0.25, -0.2) is 4.39 Å². The van der Waals surface area contributed by atoms with Gasteiger partial charge in [-0.2, -0.15) is 0 Å². The molecule has 1 heterocycles. The Labute approximate surface area is 84.8 Å². The second-order valence-electron chi connectivity index (χ2n) is 2.98. The number of nitrogens with two attached hydrogens (primary N) is 1. The van der Waals surface area contributed by atoms with Gasteiger partial charge in [-0.05, 0) is 12.1 Å². The van der Waals surface area contributed by atoms with Crippen molar-refractivity contribution in [1.29, 1.82) is 0 Å². The van der Waals surface area contributed by atoms with Gasteiger partial charge >= 0.3 is 0 Å². The average molecular weight is 211 g/mol. The maximum Gasteiger partial charge on any atom is 0.132 e. The molecule has 0 bridgehead atoms. The van der Waals surface area contributed by atoms with Gasteiger partial charge in [-0.15, -0.1) is 11.3 Å². The Bertz CT molecular complexity index is 466. The van der Waals surface area contributed by atoms with Crippen LogP contribution in [0.15, 0.2) is 18.2 Å². The highest BCUT2D eigenvalue weighted by Gasteiger charge is 2.13. The van der Waals surface area contributed by atoms with Gasteiger partial charge in [0.15, 0.2) is 0 Å². The summed E-state index contributed by atoms with van der Waals surface area (Å²) in [5.41, 5.74) is 6.15. The van der Waals surface area contributed by atoms with Crippen molar-refractivity contribution in [1.82, 2.24) is 0 Å². The van der Waals surface area contributed by atoms with E-state index < -0.39 is 0 Å². The third-order valence-corrected chi connectivity index (χ3v) is 3.41. The molecule has 2 rings (SSSR count). The fraction of sp³-hybridized carbons (Fsp3) is 0.200. The Morgan fingerprint density at radius 3 is 2.86 bits per heavy atom. The Balaban J connectivity index is 2.81. The summed E-state index contributed by atoms with van der Waals surface area (Å²) in [6, 6.07) is 4.89. The molecule has 4 heteroatoms. The number of thiophene rings is 1. The van der Waals surface area contributed by atoms with Crippen molar-refractivity contribution in [2.45, 2.75) is 13.2 Å². The molecular weight excluding hydrogens is 201 g/mol. The summed E-state index contributed by atoms with van der Waals surface area (Å²) in [7, 11) is 0. The molecule has 0 unspecified atom stereocenters. The molecule has 0 spiro atoms. The Morgan fingerprint density at radius 1 is 1.43 bits per heavy atom. The van der Waals surface area contributed by atoms with Crippen LogP contribution in [0.2, 0.25) is 0 Å². The number of hydrogen-bond donors (Lipinski definition) is 2. The summed E-state index contributed by atoms with van der Waals surface area (Å²) < 4.78 is 14.3. The minimum absolute atomic E-state index is 0.159. The van der Waals surface area contributed by atoms with E-state index in [2.05, 4.69) is 0 Å². The quantitative estimate of drug-likeness (QED) is 0.798. The molecule has 2 aromatic rings. The highest BCUT2D eigenvalue weighted by molar-refractivity contribution is 7.19. The summed E-state index contributed by atoms with van der Waals surface area (Å²) in [5.74, 6) is -0.289. The van der Waals surface area contributed by atoms with Crippen LogP contribution in [0, 0.1) is 5.82 Å². The Kier molecular flexibility index (Phi) is 2.50. The second-order valence-corrected chi connectivity index (χ2v) is 4.12. The van der Waals surface area contributed by atoms with E-state index in [0.717, 1.165) is 9.58 Å². The highest BCUT2D eigenvalue weighted by atomic mass is 32.1. The van der Waals surface area contributed by atoms with Crippen LogP contribution in [0.1, 0.15) is 10.4 Å². The molecule has 2 nitrogen and oxygen atoms in total. The molecule has 0 aliphatic carbocycles. The topological polar surface area (TPSA) is 46.2 Å². The molecule has 0 saturated carbocycles. The molecule has 1 aromatic heterocycles. The lowest BCUT2D eigenvalue weighted by molar-refractivity contribution is 0.282. The summed E-state index contributed by atoms with van der Waals surface area (Å²) in [4.78, 5) is 0.854. The van der Waals surface area contributed by atoms with Gasteiger partial charge in [0.2, 0.25) is 0 Å². The largest absolute Gasteiger partial charge is 0.392 e. The molecule has 0 aliphatic heterocycles. The summed E-state index contributed by atoms with van der Waals surface area (Å²) in [6.45, 7) is 0.183. The van der Waals surface area contributed by atoms with Crippen molar-refractivity contribution in [3.63, 3.8) is 0 Å². The lowest BCUT2D eigenvalue weighted by Crippen LogP contribution is -1.97. The third-order valence-electron chi connectivity index (χ3n) is 2.19. The standard InChI is InChI=1S/C10H10FNOS/c11-7-2-1-3-8-10(7)6(5-13)9(4-12)14-8/h1-3,13H,4-5,12H2. The van der Waals surface area contributed by atoms with E-state index in [1.165, 1.54) is 17.4 Å². The minimum Gasteiger partial charge on any atom is -0.392 e. The number of benzene rings is 1. The van der Waals surface area contributed by atoms with Crippen LogP contribution >= 0.6 is 11.3 Å². The first kappa shape index (κ1) is 9.58. The molecule has 74 valence electrons. The smallest absolute Gasteiger partial charge is 0.132 e. The Hall–Kier alpha value is -0.970. The van der Waals surface area contributed by atoms with Gasteiger partial charge in [-0.1, -0.05) is 6.07 Å². The van der Waals surface area contributed by atoms with Gasteiger partial charge in [0.1, 0.15) is 5.82 Å². The van der Waals surface area contributed by atoms with Gasteiger partial charge in [0.25, 0.3) is 0 Å². The minimum atomic E-state index is -0.289. The number of aliphatic hydroxyl groups is 1. The molecule has 0 atom stereocenters. The number of halogens is 1. The van der Waals surface area contributed by atoms with Crippen LogP contribution in [-0.2, 0) is 13.2 Å². The third kappa shape index (κ3) is 1.32. The van der Waals surface area contributed by atoms with Gasteiger partial charge < -0.3 is 10.8 Å². The van der Waals surface area contributed by atoms with Crippen LogP contribution in [0.4, 0.5) is 4.39 Å². The summed E-state index contributed by atoms with van der Waals surface area (Å²) >= 11 is 1.44. The number of aliphatic hydroxyl groups excluding tert-OH is 1.